The number of halogens is 2. The van der Waals surface area contributed by atoms with Gasteiger partial charge in [-0.15, -0.1) is 11.3 Å². The lowest BCUT2D eigenvalue weighted by molar-refractivity contribution is 0.0997. The highest BCUT2D eigenvalue weighted by molar-refractivity contribution is 9.10. The van der Waals surface area contributed by atoms with Crippen LogP contribution in [0, 0.1) is 12.7 Å². The molecule has 0 radical (unpaired) electrons. The van der Waals surface area contributed by atoms with Gasteiger partial charge in [0.2, 0.25) is 0 Å². The summed E-state index contributed by atoms with van der Waals surface area (Å²) in [5.41, 5.74) is 8.08. The molecule has 1 amide bonds. The van der Waals surface area contributed by atoms with Crippen LogP contribution in [0.4, 0.5) is 10.1 Å². The molecule has 7 heteroatoms. The summed E-state index contributed by atoms with van der Waals surface area (Å²) in [6.45, 7) is 2.36. The number of nitrogens with one attached hydrogen (secondary N) is 1. The molecule has 3 N–H and O–H groups in total. The zero-order valence-corrected chi connectivity index (χ0v) is 12.4. The number of nitrogens with two attached hydrogens (primary N) is 1. The van der Waals surface area contributed by atoms with E-state index in [9.17, 15) is 9.18 Å². The standard InChI is InChI=1S/C12H11BrFN3OS/c1-6-10(19-5-17-6)4-16-9-3-7(13)2-8(14)11(9)12(15)18/h2-3,5,16H,4H2,1H3,(H2,15,18). The van der Waals surface area contributed by atoms with Gasteiger partial charge in [0, 0.05) is 9.35 Å². The average molecular weight is 344 g/mol. The van der Waals surface area contributed by atoms with E-state index in [1.54, 1.807) is 11.6 Å². The van der Waals surface area contributed by atoms with Crippen LogP contribution in [0.3, 0.4) is 0 Å². The number of nitrogens with zero attached hydrogens (tertiary/aromatic N) is 1. The van der Waals surface area contributed by atoms with Gasteiger partial charge in [-0.05, 0) is 19.1 Å². The van der Waals surface area contributed by atoms with Crippen LogP contribution in [0.15, 0.2) is 22.1 Å². The van der Waals surface area contributed by atoms with Gasteiger partial charge in [0.1, 0.15) is 5.82 Å². The van der Waals surface area contributed by atoms with Crippen molar-refractivity contribution in [2.45, 2.75) is 13.5 Å². The summed E-state index contributed by atoms with van der Waals surface area (Å²) in [5, 5.41) is 3.02. The van der Waals surface area contributed by atoms with Gasteiger partial charge in [-0.1, -0.05) is 15.9 Å². The first-order valence-electron chi connectivity index (χ1n) is 5.40. The molecular weight excluding hydrogens is 333 g/mol. The first-order valence-corrected chi connectivity index (χ1v) is 7.08. The molecule has 2 aromatic rings. The number of anilines is 1. The molecule has 2 rings (SSSR count). The highest BCUT2D eigenvalue weighted by Gasteiger charge is 2.15. The van der Waals surface area contributed by atoms with E-state index in [-0.39, 0.29) is 5.56 Å². The maximum absolute atomic E-state index is 13.7. The number of carbonyl (C=O) groups is 1. The number of hydrogen-bond donors (Lipinski definition) is 2. The minimum atomic E-state index is -0.798. The number of amides is 1. The number of primary amides is 1. The summed E-state index contributed by atoms with van der Waals surface area (Å²) < 4.78 is 14.3. The number of benzene rings is 1. The third-order valence-corrected chi connectivity index (χ3v) is 3.98. The van der Waals surface area contributed by atoms with Crippen LogP contribution in [-0.2, 0) is 6.54 Å². The summed E-state index contributed by atoms with van der Waals surface area (Å²) in [5.74, 6) is -1.45. The fourth-order valence-corrected chi connectivity index (χ4v) is 2.78. The Balaban J connectivity index is 2.29. The number of carbonyl (C=O) groups excluding carboxylic acids is 1. The van der Waals surface area contributed by atoms with Crippen molar-refractivity contribution in [2.75, 3.05) is 5.32 Å². The molecular formula is C12H11BrFN3OS. The van der Waals surface area contributed by atoms with Gasteiger partial charge in [-0.25, -0.2) is 9.37 Å². The smallest absolute Gasteiger partial charge is 0.253 e. The van der Waals surface area contributed by atoms with E-state index in [4.69, 9.17) is 5.73 Å². The van der Waals surface area contributed by atoms with Crippen LogP contribution < -0.4 is 11.1 Å². The Hall–Kier alpha value is -1.47. The third kappa shape index (κ3) is 3.10. The topological polar surface area (TPSA) is 68.0 Å². The second kappa shape index (κ2) is 5.66. The Morgan fingerprint density at radius 3 is 2.89 bits per heavy atom. The normalized spacial score (nSPS) is 10.5. The number of aromatic nitrogens is 1. The number of hydrogen-bond acceptors (Lipinski definition) is 4. The minimum absolute atomic E-state index is 0.134. The van der Waals surface area contributed by atoms with Gasteiger partial charge < -0.3 is 11.1 Å². The van der Waals surface area contributed by atoms with E-state index in [0.717, 1.165) is 10.6 Å². The molecule has 1 heterocycles. The predicted octanol–water partition coefficient (Wildman–Crippen LogP) is 3.06. The van der Waals surface area contributed by atoms with Crippen molar-refractivity contribution in [2.24, 2.45) is 5.73 Å². The highest BCUT2D eigenvalue weighted by atomic mass is 79.9. The van der Waals surface area contributed by atoms with Gasteiger partial charge in [0.15, 0.2) is 0 Å². The summed E-state index contributed by atoms with van der Waals surface area (Å²) in [6.07, 6.45) is 0. The molecule has 100 valence electrons. The summed E-state index contributed by atoms with van der Waals surface area (Å²) in [4.78, 5) is 16.4. The van der Waals surface area contributed by atoms with Crippen molar-refractivity contribution in [1.29, 1.82) is 0 Å². The number of thiazole rings is 1. The van der Waals surface area contributed by atoms with Crippen LogP contribution in [0.25, 0.3) is 0 Å². The number of rotatable bonds is 4. The van der Waals surface area contributed by atoms with Gasteiger partial charge in [0.25, 0.3) is 5.91 Å². The Kier molecular flexibility index (Phi) is 4.16. The van der Waals surface area contributed by atoms with E-state index >= 15 is 0 Å². The Labute approximate surface area is 122 Å². The molecule has 4 nitrogen and oxygen atoms in total. The van der Waals surface area contributed by atoms with Crippen molar-refractivity contribution in [3.05, 3.63) is 44.1 Å². The lowest BCUT2D eigenvalue weighted by Gasteiger charge is -2.11. The van der Waals surface area contributed by atoms with Gasteiger partial charge >= 0.3 is 0 Å². The quantitative estimate of drug-likeness (QED) is 0.896. The number of aryl methyl sites for hydroxylation is 1. The molecule has 0 aliphatic carbocycles. The van der Waals surface area contributed by atoms with Crippen LogP contribution in [0.1, 0.15) is 20.9 Å². The molecule has 0 spiro atoms. The molecule has 0 unspecified atom stereocenters. The Morgan fingerprint density at radius 2 is 2.32 bits per heavy atom. The zero-order valence-electron chi connectivity index (χ0n) is 10.0. The minimum Gasteiger partial charge on any atom is -0.379 e. The van der Waals surface area contributed by atoms with E-state index in [1.807, 2.05) is 6.92 Å². The van der Waals surface area contributed by atoms with E-state index < -0.39 is 11.7 Å². The van der Waals surface area contributed by atoms with Crippen LogP contribution >= 0.6 is 27.3 Å². The first kappa shape index (κ1) is 14.0. The molecule has 0 fully saturated rings. The van der Waals surface area contributed by atoms with E-state index in [2.05, 4.69) is 26.2 Å². The Morgan fingerprint density at radius 1 is 1.58 bits per heavy atom. The second-order valence-electron chi connectivity index (χ2n) is 3.89. The van der Waals surface area contributed by atoms with Gasteiger partial charge in [0.05, 0.1) is 29.0 Å². The van der Waals surface area contributed by atoms with E-state index in [0.29, 0.717) is 16.7 Å². The van der Waals surface area contributed by atoms with Crippen molar-refractivity contribution >= 4 is 38.9 Å². The molecule has 0 aliphatic heterocycles. The molecule has 19 heavy (non-hydrogen) atoms. The molecule has 1 aromatic carbocycles. The van der Waals surface area contributed by atoms with Gasteiger partial charge in [-0.3, -0.25) is 4.79 Å². The van der Waals surface area contributed by atoms with Gasteiger partial charge in [-0.2, -0.15) is 0 Å². The average Bonchev–Trinajstić information content (AvgIpc) is 2.70. The molecule has 1 aromatic heterocycles. The molecule has 0 saturated carbocycles. The van der Waals surface area contributed by atoms with Crippen molar-refractivity contribution < 1.29 is 9.18 Å². The largest absolute Gasteiger partial charge is 0.379 e. The molecule has 0 atom stereocenters. The zero-order chi connectivity index (χ0) is 14.0. The second-order valence-corrected chi connectivity index (χ2v) is 5.74. The van der Waals surface area contributed by atoms with E-state index in [1.165, 1.54) is 17.4 Å². The van der Waals surface area contributed by atoms with Crippen molar-refractivity contribution in [1.82, 2.24) is 4.98 Å². The monoisotopic (exact) mass is 343 g/mol. The maximum Gasteiger partial charge on any atom is 0.253 e. The predicted molar refractivity (Wildman–Crippen MR) is 76.8 cm³/mol. The highest BCUT2D eigenvalue weighted by Crippen LogP contribution is 2.25. The van der Waals surface area contributed by atoms with Crippen molar-refractivity contribution in [3.63, 3.8) is 0 Å². The van der Waals surface area contributed by atoms with Crippen LogP contribution in [-0.4, -0.2) is 10.9 Å². The summed E-state index contributed by atoms with van der Waals surface area (Å²) in [7, 11) is 0. The Bertz CT molecular complexity index is 629. The fraction of sp³-hybridized carbons (Fsp3) is 0.167. The summed E-state index contributed by atoms with van der Waals surface area (Å²) in [6, 6.07) is 2.84. The SMILES string of the molecule is Cc1ncsc1CNc1cc(Br)cc(F)c1C(N)=O. The summed E-state index contributed by atoms with van der Waals surface area (Å²) >= 11 is 4.68. The fourth-order valence-electron chi connectivity index (χ4n) is 1.63. The van der Waals surface area contributed by atoms with Crippen LogP contribution in [0.2, 0.25) is 0 Å². The molecule has 0 aliphatic rings. The molecule has 0 saturated heterocycles. The first-order chi connectivity index (χ1) is 8.99. The molecule has 0 bridgehead atoms. The van der Waals surface area contributed by atoms with Crippen LogP contribution in [0.5, 0.6) is 0 Å². The third-order valence-electron chi connectivity index (χ3n) is 2.59. The maximum atomic E-state index is 13.7. The lowest BCUT2D eigenvalue weighted by atomic mass is 10.1. The van der Waals surface area contributed by atoms with Crippen molar-refractivity contribution in [3.8, 4) is 0 Å². The lowest BCUT2D eigenvalue weighted by Crippen LogP contribution is -2.16.